The monoisotopic (exact) mass is 732 g/mol. The van der Waals surface area contributed by atoms with Gasteiger partial charge in [0.05, 0.1) is 46.8 Å². The molecule has 0 spiro atoms. The molecule has 54 heavy (non-hydrogen) atoms. The number of anilines is 5. The average molecular weight is 733 g/mol. The number of carboxylic acid groups (broad SMARTS) is 4. The van der Waals surface area contributed by atoms with Gasteiger partial charge < -0.3 is 40.7 Å². The molecule has 19 heteroatoms. The molecule has 0 unspecified atom stereocenters. The second-order valence-corrected chi connectivity index (χ2v) is 11.3. The Morgan fingerprint density at radius 2 is 0.981 bits per heavy atom. The van der Waals surface area contributed by atoms with Crippen LogP contribution in [-0.4, -0.2) is 85.6 Å². The van der Waals surface area contributed by atoms with Crippen LogP contribution in [-0.2, 0) is 4.74 Å². The van der Waals surface area contributed by atoms with Crippen molar-refractivity contribution in [2.75, 3.05) is 41.8 Å². The van der Waals surface area contributed by atoms with E-state index in [-0.39, 0.29) is 45.5 Å². The number of carboxylic acids is 4. The van der Waals surface area contributed by atoms with Gasteiger partial charge in [-0.2, -0.15) is 25.2 Å². The lowest BCUT2D eigenvalue weighted by Crippen LogP contribution is -2.37. The van der Waals surface area contributed by atoms with Gasteiger partial charge >= 0.3 is 23.9 Å². The second-order valence-electron chi connectivity index (χ2n) is 11.3. The number of benzene rings is 4. The fourth-order valence-electron chi connectivity index (χ4n) is 4.94. The van der Waals surface area contributed by atoms with E-state index in [1.54, 1.807) is 48.5 Å². The van der Waals surface area contributed by atoms with Gasteiger partial charge in [-0.3, -0.25) is 0 Å². The van der Waals surface area contributed by atoms with E-state index < -0.39 is 23.9 Å². The molecule has 1 saturated heterocycles. The number of hydrogen-bond acceptors (Lipinski definition) is 15. The number of hydrogen-bond donors (Lipinski definition) is 6. The van der Waals surface area contributed by atoms with Crippen LogP contribution in [0.5, 0.6) is 0 Å². The fraction of sp³-hybridized carbons (Fsp3) is 0.114. The molecule has 1 aliphatic heterocycles. The fourth-order valence-corrected chi connectivity index (χ4v) is 4.94. The topological polar surface area (TPSA) is 274 Å². The first kappa shape index (κ1) is 36.1. The van der Waals surface area contributed by atoms with Crippen LogP contribution in [0.25, 0.3) is 0 Å². The summed E-state index contributed by atoms with van der Waals surface area (Å²) in [5.74, 6) is -4.20. The van der Waals surface area contributed by atoms with Crippen LogP contribution in [0.4, 0.5) is 52.0 Å². The maximum absolute atomic E-state index is 11.6. The summed E-state index contributed by atoms with van der Waals surface area (Å²) >= 11 is 0. The van der Waals surface area contributed by atoms with E-state index in [1.165, 1.54) is 12.1 Å². The zero-order chi connectivity index (χ0) is 38.2. The smallest absolute Gasteiger partial charge is 0.337 e. The Hall–Kier alpha value is -7.67. The lowest BCUT2D eigenvalue weighted by molar-refractivity contribution is 0.0682. The van der Waals surface area contributed by atoms with Crippen molar-refractivity contribution >= 4 is 75.8 Å². The summed E-state index contributed by atoms with van der Waals surface area (Å²) < 4.78 is 5.47. The number of nitrogens with zero attached hydrogens (tertiary/aromatic N) is 8. The number of rotatable bonds is 13. The summed E-state index contributed by atoms with van der Waals surface area (Å²) in [4.78, 5) is 61.5. The summed E-state index contributed by atoms with van der Waals surface area (Å²) in [7, 11) is 0. The largest absolute Gasteiger partial charge is 0.478 e. The first-order chi connectivity index (χ1) is 26.0. The summed E-state index contributed by atoms with van der Waals surface area (Å²) in [6, 6.07) is 20.1. The van der Waals surface area contributed by atoms with Crippen molar-refractivity contribution in [2.24, 2.45) is 20.5 Å². The Bertz CT molecular complexity index is 2140. The Balaban J connectivity index is 1.19. The normalized spacial score (nSPS) is 12.9. The summed E-state index contributed by atoms with van der Waals surface area (Å²) in [5, 5.41) is 59.8. The van der Waals surface area contributed by atoms with E-state index in [9.17, 15) is 39.6 Å². The molecule has 1 fully saturated rings. The lowest BCUT2D eigenvalue weighted by Gasteiger charge is -2.27. The summed E-state index contributed by atoms with van der Waals surface area (Å²) in [6.07, 6.45) is 0. The summed E-state index contributed by atoms with van der Waals surface area (Å²) in [5.41, 5.74) is 1.01. The van der Waals surface area contributed by atoms with Crippen molar-refractivity contribution < 1.29 is 44.3 Å². The molecule has 2 heterocycles. The number of azo groups is 2. The van der Waals surface area contributed by atoms with Crippen molar-refractivity contribution in [3.05, 3.63) is 107 Å². The number of carbonyl (C=O) groups is 4. The minimum Gasteiger partial charge on any atom is -0.478 e. The highest BCUT2D eigenvalue weighted by Crippen LogP contribution is 2.28. The number of aromatic carboxylic acids is 4. The van der Waals surface area contributed by atoms with Gasteiger partial charge in [-0.1, -0.05) is 0 Å². The van der Waals surface area contributed by atoms with Gasteiger partial charge in [0.1, 0.15) is 11.4 Å². The van der Waals surface area contributed by atoms with Crippen LogP contribution in [0.15, 0.2) is 105 Å². The first-order valence-electron chi connectivity index (χ1n) is 15.9. The highest BCUT2D eigenvalue weighted by atomic mass is 16.5. The standard InChI is InChI=1S/C35H28N10O9/c46-29(47)19-1-11-25(31(50)51)27(17-19)43-41-23-7-3-21(4-8-23)36-33-38-34(40-35(39-33)45-13-15-54-16-14-45)37-22-5-9-24(10-6-22)42-44-28-18-20(30(48)49)2-12-26(28)32(52)53/h1-12,17-18H,13-16H2,(H,46,47)(H,48,49)(H,50,51)(H,52,53)(H2,36,37,38,39,40). The molecule has 0 amide bonds. The molecule has 0 aliphatic carbocycles. The lowest BCUT2D eigenvalue weighted by atomic mass is 10.1. The van der Waals surface area contributed by atoms with Gasteiger partial charge in [0, 0.05) is 24.5 Å². The van der Waals surface area contributed by atoms with Gasteiger partial charge in [-0.25, -0.2) is 19.2 Å². The number of ether oxygens (including phenoxy) is 1. The van der Waals surface area contributed by atoms with Crippen LogP contribution in [0.2, 0.25) is 0 Å². The van der Waals surface area contributed by atoms with E-state index in [0.717, 1.165) is 24.3 Å². The van der Waals surface area contributed by atoms with Crippen molar-refractivity contribution in [3.8, 4) is 0 Å². The number of aromatic nitrogens is 3. The van der Waals surface area contributed by atoms with E-state index in [0.29, 0.717) is 55.0 Å². The third kappa shape index (κ3) is 8.97. The second kappa shape index (κ2) is 16.1. The molecule has 1 aromatic heterocycles. The first-order valence-corrected chi connectivity index (χ1v) is 15.9. The molecule has 6 N–H and O–H groups in total. The zero-order valence-electron chi connectivity index (χ0n) is 27.8. The van der Waals surface area contributed by atoms with E-state index in [2.05, 4.69) is 46.0 Å². The molecule has 0 atom stereocenters. The molecular weight excluding hydrogens is 704 g/mol. The molecule has 0 bridgehead atoms. The predicted molar refractivity (Wildman–Crippen MR) is 191 cm³/mol. The van der Waals surface area contributed by atoms with E-state index in [4.69, 9.17) is 4.74 Å². The van der Waals surface area contributed by atoms with E-state index in [1.807, 2.05) is 4.90 Å². The van der Waals surface area contributed by atoms with Crippen molar-refractivity contribution in [1.82, 2.24) is 15.0 Å². The molecule has 5 aromatic rings. The summed E-state index contributed by atoms with van der Waals surface area (Å²) in [6.45, 7) is 2.10. The van der Waals surface area contributed by atoms with Crippen molar-refractivity contribution in [2.45, 2.75) is 0 Å². The minimum atomic E-state index is -1.28. The van der Waals surface area contributed by atoms with Gasteiger partial charge in [0.2, 0.25) is 17.8 Å². The average Bonchev–Trinajstić information content (AvgIpc) is 3.17. The van der Waals surface area contributed by atoms with Crippen LogP contribution in [0.3, 0.4) is 0 Å². The molecule has 1 aliphatic rings. The zero-order valence-corrected chi connectivity index (χ0v) is 27.8. The molecule has 0 saturated carbocycles. The van der Waals surface area contributed by atoms with Crippen LogP contribution < -0.4 is 15.5 Å². The van der Waals surface area contributed by atoms with Crippen molar-refractivity contribution in [1.29, 1.82) is 0 Å². The SMILES string of the molecule is O=C(O)c1ccc(C(=O)O)c(N=Nc2ccc(Nc3nc(Nc4ccc(N=Nc5cc(C(=O)O)ccc5C(=O)O)cc4)nc(N4CCOCC4)n3)cc2)c1. The molecule has 19 nitrogen and oxygen atoms in total. The van der Waals surface area contributed by atoms with Gasteiger partial charge in [-0.15, -0.1) is 10.2 Å². The van der Waals surface area contributed by atoms with Crippen LogP contribution >= 0.6 is 0 Å². The predicted octanol–water partition coefficient (Wildman–Crippen LogP) is 6.82. The highest BCUT2D eigenvalue weighted by molar-refractivity contribution is 5.97. The molecule has 272 valence electrons. The van der Waals surface area contributed by atoms with E-state index >= 15 is 0 Å². The van der Waals surface area contributed by atoms with Crippen LogP contribution in [0.1, 0.15) is 41.4 Å². The van der Waals surface area contributed by atoms with Gasteiger partial charge in [0.15, 0.2) is 0 Å². The van der Waals surface area contributed by atoms with Gasteiger partial charge in [0.25, 0.3) is 0 Å². The molecular formula is C35H28N10O9. The molecule has 4 aromatic carbocycles. The maximum Gasteiger partial charge on any atom is 0.337 e. The Kier molecular flexibility index (Phi) is 10.8. The third-order valence-electron chi connectivity index (χ3n) is 7.66. The Morgan fingerprint density at radius 1 is 0.556 bits per heavy atom. The Morgan fingerprint density at radius 3 is 1.37 bits per heavy atom. The minimum absolute atomic E-state index is 0.109. The van der Waals surface area contributed by atoms with Crippen LogP contribution in [0, 0.1) is 0 Å². The molecule has 0 radical (unpaired) electrons. The number of nitrogens with one attached hydrogen (secondary N) is 2. The maximum atomic E-state index is 11.6. The number of morpholine rings is 1. The quantitative estimate of drug-likeness (QED) is 0.0678. The third-order valence-corrected chi connectivity index (χ3v) is 7.66. The van der Waals surface area contributed by atoms with Gasteiger partial charge in [-0.05, 0) is 84.9 Å². The molecule has 6 rings (SSSR count). The Labute approximate surface area is 304 Å². The van der Waals surface area contributed by atoms with Crippen molar-refractivity contribution in [3.63, 3.8) is 0 Å². The highest BCUT2D eigenvalue weighted by Gasteiger charge is 2.18.